The summed E-state index contributed by atoms with van der Waals surface area (Å²) in [6, 6.07) is 3.68. The second kappa shape index (κ2) is 11.9. The van der Waals surface area contributed by atoms with E-state index in [1.54, 1.807) is 0 Å². The van der Waals surface area contributed by atoms with Crippen LogP contribution in [0.1, 0.15) is 12.8 Å². The summed E-state index contributed by atoms with van der Waals surface area (Å²) in [4.78, 5) is 0. The number of thiophene rings is 1. The van der Waals surface area contributed by atoms with Gasteiger partial charge in [0.1, 0.15) is 0 Å². The molecule has 1 saturated heterocycles. The van der Waals surface area contributed by atoms with Crippen LogP contribution in [0.3, 0.4) is 0 Å². The SMILES string of the molecule is C1CCOC1.[Li+].[Li+].[c-]1cc[c-]s1. The third-order valence-corrected chi connectivity index (χ3v) is 1.67. The van der Waals surface area contributed by atoms with E-state index in [2.05, 4.69) is 10.8 Å². The zero-order valence-electron chi connectivity index (χ0n) is 7.80. The minimum Gasteiger partial charge on any atom is -0.474 e. The molecule has 1 aromatic heterocycles. The molecule has 0 N–H and O–H groups in total. The molecule has 0 bridgehead atoms. The molecule has 1 aliphatic rings. The first-order valence-electron chi connectivity index (χ1n) is 3.40. The van der Waals surface area contributed by atoms with Crippen molar-refractivity contribution in [1.82, 2.24) is 0 Å². The molecule has 4 heteroatoms. The number of hydrogen-bond acceptors (Lipinski definition) is 2. The Labute approximate surface area is 102 Å². The van der Waals surface area contributed by atoms with Crippen molar-refractivity contribution in [2.75, 3.05) is 13.2 Å². The first-order valence-corrected chi connectivity index (χ1v) is 4.21. The van der Waals surface area contributed by atoms with Crippen LogP contribution in [0.2, 0.25) is 0 Å². The van der Waals surface area contributed by atoms with E-state index in [0.717, 1.165) is 13.2 Å². The Kier molecular flexibility index (Phi) is 15.1. The summed E-state index contributed by atoms with van der Waals surface area (Å²) in [7, 11) is 0. The van der Waals surface area contributed by atoms with Gasteiger partial charge in [-0.1, -0.05) is 0 Å². The van der Waals surface area contributed by atoms with E-state index in [1.807, 2.05) is 12.1 Å². The number of rotatable bonds is 0. The largest absolute Gasteiger partial charge is 1.00 e. The summed E-state index contributed by atoms with van der Waals surface area (Å²) in [6.07, 6.45) is 2.56. The Hall–Kier alpha value is 0.855. The van der Waals surface area contributed by atoms with Gasteiger partial charge in [0.2, 0.25) is 0 Å². The molecule has 12 heavy (non-hydrogen) atoms. The van der Waals surface area contributed by atoms with E-state index in [9.17, 15) is 0 Å². The topological polar surface area (TPSA) is 9.23 Å². The van der Waals surface area contributed by atoms with Crippen LogP contribution in [0.15, 0.2) is 12.1 Å². The Balaban J connectivity index is 0. The molecule has 0 radical (unpaired) electrons. The predicted molar refractivity (Wildman–Crippen MR) is 42.0 cm³/mol. The van der Waals surface area contributed by atoms with Crippen LogP contribution in [-0.2, 0) is 4.74 Å². The minimum atomic E-state index is 0. The van der Waals surface area contributed by atoms with Gasteiger partial charge in [-0.25, -0.2) is 0 Å². The van der Waals surface area contributed by atoms with E-state index in [1.165, 1.54) is 24.2 Å². The Morgan fingerprint density at radius 1 is 1.00 bits per heavy atom. The molecule has 2 rings (SSSR count). The van der Waals surface area contributed by atoms with Crippen LogP contribution in [0, 0.1) is 10.8 Å². The molecule has 0 aromatic carbocycles. The van der Waals surface area contributed by atoms with Gasteiger partial charge in [-0.05, 0) is 12.8 Å². The van der Waals surface area contributed by atoms with Crippen LogP contribution in [0.5, 0.6) is 0 Å². The van der Waals surface area contributed by atoms with Crippen molar-refractivity contribution in [3.05, 3.63) is 22.9 Å². The van der Waals surface area contributed by atoms with Crippen LogP contribution < -0.4 is 37.7 Å². The van der Waals surface area contributed by atoms with Gasteiger partial charge in [0.15, 0.2) is 0 Å². The zero-order valence-corrected chi connectivity index (χ0v) is 8.62. The van der Waals surface area contributed by atoms with Crippen LogP contribution in [0.25, 0.3) is 0 Å². The van der Waals surface area contributed by atoms with Gasteiger partial charge in [0.25, 0.3) is 0 Å². The Morgan fingerprint density at radius 3 is 1.67 bits per heavy atom. The standard InChI is InChI=1S/C4H8O.C4H2S.2Li/c2*1-2-4-5-3-1;;/h1-4H2;1-2H;;/q;-2;2*+1. The zero-order chi connectivity index (χ0) is 7.07. The van der Waals surface area contributed by atoms with Gasteiger partial charge in [-0.2, -0.15) is 0 Å². The van der Waals surface area contributed by atoms with Crippen LogP contribution in [0.4, 0.5) is 0 Å². The van der Waals surface area contributed by atoms with Crippen molar-refractivity contribution in [1.29, 1.82) is 0 Å². The fourth-order valence-electron chi connectivity index (χ4n) is 0.680. The first kappa shape index (κ1) is 15.3. The summed E-state index contributed by atoms with van der Waals surface area (Å²) < 4.78 is 4.94. The summed E-state index contributed by atoms with van der Waals surface area (Å²) >= 11 is 1.46. The van der Waals surface area contributed by atoms with Gasteiger partial charge >= 0.3 is 37.7 Å². The average Bonchev–Trinajstić information content (AvgIpc) is 2.67. The van der Waals surface area contributed by atoms with Gasteiger partial charge < -0.3 is 39.0 Å². The van der Waals surface area contributed by atoms with Gasteiger partial charge in [-0.15, -0.1) is 0 Å². The summed E-state index contributed by atoms with van der Waals surface area (Å²) in [5.74, 6) is 0. The Bertz CT molecular complexity index is 116. The molecule has 1 nitrogen and oxygen atoms in total. The van der Waals surface area contributed by atoms with Crippen molar-refractivity contribution in [2.45, 2.75) is 12.8 Å². The molecule has 0 spiro atoms. The van der Waals surface area contributed by atoms with E-state index < -0.39 is 0 Å². The first-order chi connectivity index (χ1) is 5.00. The van der Waals surface area contributed by atoms with Crippen molar-refractivity contribution in [2.24, 2.45) is 0 Å². The smallest absolute Gasteiger partial charge is 0.474 e. The Morgan fingerprint density at radius 2 is 1.50 bits per heavy atom. The third-order valence-electron chi connectivity index (χ3n) is 1.16. The average molecular weight is 168 g/mol. The molecule has 0 amide bonds. The van der Waals surface area contributed by atoms with E-state index >= 15 is 0 Å². The van der Waals surface area contributed by atoms with Crippen molar-refractivity contribution in [3.8, 4) is 0 Å². The maximum Gasteiger partial charge on any atom is 1.00 e. The predicted octanol–water partition coefficient (Wildman–Crippen LogP) is -3.85. The normalized spacial score (nSPS) is 13.3. The quantitative estimate of drug-likeness (QED) is 0.285. The molecule has 1 aromatic rings. The molecular weight excluding hydrogens is 158 g/mol. The number of hydrogen-bond donors (Lipinski definition) is 0. The van der Waals surface area contributed by atoms with Crippen molar-refractivity contribution in [3.63, 3.8) is 0 Å². The maximum absolute atomic E-state index is 4.94. The molecule has 1 aliphatic heterocycles. The van der Waals surface area contributed by atoms with Crippen molar-refractivity contribution >= 4 is 11.3 Å². The molecule has 0 aliphatic carbocycles. The van der Waals surface area contributed by atoms with E-state index in [0.29, 0.717) is 0 Å². The fourth-order valence-corrected chi connectivity index (χ4v) is 1.02. The van der Waals surface area contributed by atoms with Gasteiger partial charge in [-0.3, -0.25) is 0 Å². The molecule has 0 saturated carbocycles. The molecule has 0 unspecified atom stereocenters. The van der Waals surface area contributed by atoms with E-state index in [4.69, 9.17) is 4.74 Å². The minimum absolute atomic E-state index is 0. The molecule has 56 valence electrons. The summed E-state index contributed by atoms with van der Waals surface area (Å²) in [5, 5.41) is 5.69. The third kappa shape index (κ3) is 8.95. The maximum atomic E-state index is 4.94. The fraction of sp³-hybridized carbons (Fsp3) is 0.500. The number of ether oxygens (including phenoxy) is 1. The molecule has 0 atom stereocenters. The van der Waals surface area contributed by atoms with E-state index in [-0.39, 0.29) is 37.7 Å². The van der Waals surface area contributed by atoms with Crippen LogP contribution in [-0.4, -0.2) is 13.2 Å². The summed E-state index contributed by atoms with van der Waals surface area (Å²) in [5.41, 5.74) is 0. The summed E-state index contributed by atoms with van der Waals surface area (Å²) in [6.45, 7) is 2.00. The second-order valence-corrected chi connectivity index (χ2v) is 2.67. The molecule has 2 heterocycles. The van der Waals surface area contributed by atoms with Gasteiger partial charge in [0.05, 0.1) is 0 Å². The molecule has 1 fully saturated rings. The van der Waals surface area contributed by atoms with Crippen LogP contribution >= 0.6 is 11.3 Å². The second-order valence-electron chi connectivity index (χ2n) is 1.99. The van der Waals surface area contributed by atoms with Crippen molar-refractivity contribution < 1.29 is 42.5 Å². The monoisotopic (exact) mass is 168 g/mol. The molecular formula is C8H10Li2OS. The van der Waals surface area contributed by atoms with Gasteiger partial charge in [0, 0.05) is 13.2 Å².